The van der Waals surface area contributed by atoms with Crippen LogP contribution in [-0.4, -0.2) is 46.7 Å². The van der Waals surface area contributed by atoms with Crippen molar-refractivity contribution in [2.75, 3.05) is 30.4 Å². The Balaban J connectivity index is 1.90. The molecule has 116 valence electrons. The third-order valence-electron chi connectivity index (χ3n) is 3.29. The van der Waals surface area contributed by atoms with E-state index in [9.17, 15) is 4.79 Å². The third kappa shape index (κ3) is 3.94. The van der Waals surface area contributed by atoms with Crippen molar-refractivity contribution in [2.24, 2.45) is 5.84 Å². The van der Waals surface area contributed by atoms with E-state index in [2.05, 4.69) is 36.6 Å². The summed E-state index contributed by atoms with van der Waals surface area (Å²) in [5.74, 6) is 6.59. The van der Waals surface area contributed by atoms with Crippen LogP contribution in [0.2, 0.25) is 0 Å². The lowest BCUT2D eigenvalue weighted by Crippen LogP contribution is -2.42. The predicted molar refractivity (Wildman–Crippen MR) is 82.8 cm³/mol. The minimum atomic E-state index is -0.242. The van der Waals surface area contributed by atoms with Crippen LogP contribution >= 0.6 is 15.9 Å². The number of likely N-dealkylation sites (tertiary alicyclic amines) is 1. The Morgan fingerprint density at radius 2 is 2.14 bits per heavy atom. The number of rotatable bonds is 4. The number of nitrogens with two attached hydrogens (primary N) is 1. The molecule has 21 heavy (non-hydrogen) atoms. The van der Waals surface area contributed by atoms with Crippen LogP contribution in [0.4, 0.5) is 16.4 Å². The molecule has 0 unspecified atom stereocenters. The average Bonchev–Trinajstić information content (AvgIpc) is 2.50. The van der Waals surface area contributed by atoms with Gasteiger partial charge in [-0.3, -0.25) is 0 Å². The topological polar surface area (TPSA) is 105 Å². The van der Waals surface area contributed by atoms with Crippen LogP contribution in [0.1, 0.15) is 19.8 Å². The Kier molecular flexibility index (Phi) is 5.57. The minimum Gasteiger partial charge on any atom is -0.450 e. The van der Waals surface area contributed by atoms with E-state index in [0.29, 0.717) is 35.8 Å². The first-order valence-electron chi connectivity index (χ1n) is 6.81. The number of nitrogens with one attached hydrogen (secondary N) is 2. The van der Waals surface area contributed by atoms with Gasteiger partial charge in [-0.25, -0.2) is 20.6 Å². The van der Waals surface area contributed by atoms with Gasteiger partial charge in [0.1, 0.15) is 16.6 Å². The van der Waals surface area contributed by atoms with Crippen LogP contribution in [0.25, 0.3) is 0 Å². The largest absolute Gasteiger partial charge is 0.450 e. The van der Waals surface area contributed by atoms with Gasteiger partial charge in [-0.2, -0.15) is 0 Å². The van der Waals surface area contributed by atoms with Gasteiger partial charge in [0, 0.05) is 19.1 Å². The second-order valence-electron chi connectivity index (χ2n) is 4.63. The molecule has 1 saturated heterocycles. The highest BCUT2D eigenvalue weighted by atomic mass is 79.9. The zero-order valence-corrected chi connectivity index (χ0v) is 13.4. The molecule has 1 aliphatic rings. The SMILES string of the molecule is CCOC(=O)N1CCC(Nc2ncnc(NN)c2Br)CC1. The van der Waals surface area contributed by atoms with E-state index in [-0.39, 0.29) is 12.1 Å². The molecule has 0 aliphatic carbocycles. The molecule has 1 fully saturated rings. The molecule has 8 nitrogen and oxygen atoms in total. The molecule has 2 heterocycles. The number of ether oxygens (including phenoxy) is 1. The molecule has 1 aromatic heterocycles. The number of amides is 1. The number of carbonyl (C=O) groups is 1. The lowest BCUT2D eigenvalue weighted by molar-refractivity contribution is 0.0983. The number of piperidine rings is 1. The first kappa shape index (κ1) is 15.8. The molecular formula is C12H19BrN6O2. The van der Waals surface area contributed by atoms with Crippen molar-refractivity contribution in [3.63, 3.8) is 0 Å². The standard InChI is InChI=1S/C12H19BrN6O2/c1-2-21-12(20)19-5-3-8(4-6-19)17-10-9(13)11(18-14)16-7-15-10/h7-8H,2-6,14H2,1H3,(H2,15,16,17,18). The number of carbonyl (C=O) groups excluding carboxylic acids is 1. The van der Waals surface area contributed by atoms with E-state index in [1.807, 2.05) is 6.92 Å². The smallest absolute Gasteiger partial charge is 0.409 e. The first-order valence-corrected chi connectivity index (χ1v) is 7.60. The maximum absolute atomic E-state index is 11.6. The molecule has 0 atom stereocenters. The third-order valence-corrected chi connectivity index (χ3v) is 4.04. The summed E-state index contributed by atoms with van der Waals surface area (Å²) in [7, 11) is 0. The van der Waals surface area contributed by atoms with Crippen molar-refractivity contribution in [1.82, 2.24) is 14.9 Å². The summed E-state index contributed by atoms with van der Waals surface area (Å²) in [4.78, 5) is 21.6. The molecule has 2 rings (SSSR count). The van der Waals surface area contributed by atoms with Crippen molar-refractivity contribution < 1.29 is 9.53 Å². The molecule has 1 amide bonds. The molecule has 0 aromatic carbocycles. The fourth-order valence-corrected chi connectivity index (χ4v) is 2.62. The maximum atomic E-state index is 11.6. The Morgan fingerprint density at radius 3 is 2.76 bits per heavy atom. The van der Waals surface area contributed by atoms with Crippen molar-refractivity contribution in [2.45, 2.75) is 25.8 Å². The number of aromatic nitrogens is 2. The van der Waals surface area contributed by atoms with Crippen molar-refractivity contribution in [3.05, 3.63) is 10.8 Å². The van der Waals surface area contributed by atoms with E-state index in [1.54, 1.807) is 4.90 Å². The van der Waals surface area contributed by atoms with Gasteiger partial charge in [0.15, 0.2) is 5.82 Å². The number of hydrazine groups is 1. The monoisotopic (exact) mass is 358 g/mol. The summed E-state index contributed by atoms with van der Waals surface area (Å²) in [5, 5.41) is 3.34. The quantitative estimate of drug-likeness (QED) is 0.553. The summed E-state index contributed by atoms with van der Waals surface area (Å²) < 4.78 is 5.70. The van der Waals surface area contributed by atoms with Crippen LogP contribution in [0.5, 0.6) is 0 Å². The van der Waals surface area contributed by atoms with E-state index < -0.39 is 0 Å². The zero-order chi connectivity index (χ0) is 15.2. The average molecular weight is 359 g/mol. The van der Waals surface area contributed by atoms with Gasteiger partial charge < -0.3 is 20.4 Å². The number of halogens is 1. The second kappa shape index (κ2) is 7.41. The van der Waals surface area contributed by atoms with Gasteiger partial charge in [0.2, 0.25) is 0 Å². The summed E-state index contributed by atoms with van der Waals surface area (Å²) in [6.07, 6.45) is 2.87. The Morgan fingerprint density at radius 1 is 1.48 bits per heavy atom. The van der Waals surface area contributed by atoms with Crippen molar-refractivity contribution in [1.29, 1.82) is 0 Å². The molecular weight excluding hydrogens is 340 g/mol. The number of hydrogen-bond acceptors (Lipinski definition) is 7. The molecule has 1 aliphatic heterocycles. The summed E-state index contributed by atoms with van der Waals surface area (Å²) >= 11 is 3.41. The minimum absolute atomic E-state index is 0.242. The van der Waals surface area contributed by atoms with E-state index in [1.165, 1.54) is 6.33 Å². The zero-order valence-electron chi connectivity index (χ0n) is 11.8. The van der Waals surface area contributed by atoms with Gasteiger partial charge in [0.25, 0.3) is 0 Å². The fraction of sp³-hybridized carbons (Fsp3) is 0.583. The second-order valence-corrected chi connectivity index (χ2v) is 5.43. The summed E-state index contributed by atoms with van der Waals surface area (Å²) in [5.41, 5.74) is 2.50. The van der Waals surface area contributed by atoms with Gasteiger partial charge in [-0.05, 0) is 35.7 Å². The Hall–Kier alpha value is -1.61. The van der Waals surface area contributed by atoms with Crippen LogP contribution in [-0.2, 0) is 4.74 Å². The van der Waals surface area contributed by atoms with Crippen LogP contribution in [0.15, 0.2) is 10.8 Å². The van der Waals surface area contributed by atoms with Gasteiger partial charge >= 0.3 is 6.09 Å². The fourth-order valence-electron chi connectivity index (χ4n) is 2.19. The van der Waals surface area contributed by atoms with Gasteiger partial charge in [-0.15, -0.1) is 0 Å². The molecule has 0 radical (unpaired) electrons. The summed E-state index contributed by atoms with van der Waals surface area (Å²) in [6.45, 7) is 3.55. The lowest BCUT2D eigenvalue weighted by atomic mass is 10.1. The van der Waals surface area contributed by atoms with Crippen LogP contribution < -0.4 is 16.6 Å². The number of nitrogen functional groups attached to an aromatic ring is 1. The lowest BCUT2D eigenvalue weighted by Gasteiger charge is -2.32. The van der Waals surface area contributed by atoms with Gasteiger partial charge in [0.05, 0.1) is 6.61 Å². The Bertz CT molecular complexity index is 493. The maximum Gasteiger partial charge on any atom is 0.409 e. The van der Waals surface area contributed by atoms with Gasteiger partial charge in [-0.1, -0.05) is 0 Å². The molecule has 1 aromatic rings. The summed E-state index contributed by atoms with van der Waals surface area (Å²) in [6, 6.07) is 0.243. The number of hydrogen-bond donors (Lipinski definition) is 3. The van der Waals surface area contributed by atoms with E-state index in [0.717, 1.165) is 12.8 Å². The first-order chi connectivity index (χ1) is 10.2. The predicted octanol–water partition coefficient (Wildman–Crippen LogP) is 1.56. The van der Waals surface area contributed by atoms with Crippen LogP contribution in [0.3, 0.4) is 0 Å². The van der Waals surface area contributed by atoms with Crippen molar-refractivity contribution in [3.8, 4) is 0 Å². The highest BCUT2D eigenvalue weighted by molar-refractivity contribution is 9.10. The number of nitrogens with zero attached hydrogens (tertiary/aromatic N) is 3. The normalized spacial score (nSPS) is 15.7. The van der Waals surface area contributed by atoms with E-state index >= 15 is 0 Å². The number of anilines is 2. The highest BCUT2D eigenvalue weighted by Gasteiger charge is 2.24. The molecule has 0 bridgehead atoms. The molecule has 9 heteroatoms. The van der Waals surface area contributed by atoms with Crippen molar-refractivity contribution >= 4 is 33.7 Å². The highest BCUT2D eigenvalue weighted by Crippen LogP contribution is 2.27. The Labute approximate surface area is 131 Å². The molecule has 4 N–H and O–H groups in total. The van der Waals surface area contributed by atoms with E-state index in [4.69, 9.17) is 10.6 Å². The molecule has 0 spiro atoms. The van der Waals surface area contributed by atoms with Crippen LogP contribution in [0, 0.1) is 0 Å². The molecule has 0 saturated carbocycles.